The molecule has 0 radical (unpaired) electrons. The number of rotatable bonds is 4. The first-order valence-electron chi connectivity index (χ1n) is 6.80. The van der Waals surface area contributed by atoms with Gasteiger partial charge in [0.05, 0.1) is 17.9 Å². The van der Waals surface area contributed by atoms with Gasteiger partial charge < -0.3 is 10.1 Å². The van der Waals surface area contributed by atoms with E-state index in [1.54, 1.807) is 12.1 Å². The van der Waals surface area contributed by atoms with E-state index < -0.39 is 0 Å². The molecule has 0 spiro atoms. The number of carbonyl (C=O) groups excluding carboxylic acids is 1. The zero-order valence-electron chi connectivity index (χ0n) is 12.2. The predicted octanol–water partition coefficient (Wildman–Crippen LogP) is 4.74. The fraction of sp³-hybridized carbons (Fsp3) is 0.125. The van der Waals surface area contributed by atoms with E-state index in [9.17, 15) is 4.79 Å². The third kappa shape index (κ3) is 5.02. The van der Waals surface area contributed by atoms with Crippen LogP contribution in [0, 0.1) is 0 Å². The van der Waals surface area contributed by atoms with E-state index in [1.165, 1.54) is 0 Å². The average Bonchev–Trinajstić information content (AvgIpc) is 2.51. The number of nitrogens with one attached hydrogen (secondary N) is 2. The molecular formula is C16H14Br2N2O2S. The molecule has 0 saturated carbocycles. The van der Waals surface area contributed by atoms with E-state index in [4.69, 9.17) is 17.0 Å². The summed E-state index contributed by atoms with van der Waals surface area (Å²) in [6, 6.07) is 12.8. The Balaban J connectivity index is 2.11. The van der Waals surface area contributed by atoms with Gasteiger partial charge in [-0.2, -0.15) is 0 Å². The maximum Gasteiger partial charge on any atom is 0.261 e. The fourth-order valence-corrected chi connectivity index (χ4v) is 2.80. The standard InChI is InChI=1S/C16H14Br2N2O2S/c1-2-22-14-8-7-10(17)9-11(14)15(21)20-16(23)19-13-6-4-3-5-12(13)18/h3-9H,2H2,1H3,(H2,19,20,21,23). The van der Waals surface area contributed by atoms with Crippen LogP contribution in [0.15, 0.2) is 51.4 Å². The summed E-state index contributed by atoms with van der Waals surface area (Å²) in [7, 11) is 0. The second-order valence-corrected chi connectivity index (χ2v) is 6.64. The maximum atomic E-state index is 12.4. The van der Waals surface area contributed by atoms with Gasteiger partial charge in [0.15, 0.2) is 5.11 Å². The number of amides is 1. The normalized spacial score (nSPS) is 10.0. The lowest BCUT2D eigenvalue weighted by molar-refractivity contribution is 0.0974. The number of carbonyl (C=O) groups is 1. The number of thiocarbonyl (C=S) groups is 1. The van der Waals surface area contributed by atoms with Crippen molar-refractivity contribution in [1.29, 1.82) is 0 Å². The highest BCUT2D eigenvalue weighted by molar-refractivity contribution is 9.10. The van der Waals surface area contributed by atoms with Gasteiger partial charge in [-0.15, -0.1) is 0 Å². The van der Waals surface area contributed by atoms with Crippen molar-refractivity contribution in [2.75, 3.05) is 11.9 Å². The highest BCUT2D eigenvalue weighted by atomic mass is 79.9. The Morgan fingerprint density at radius 3 is 2.65 bits per heavy atom. The Hall–Kier alpha value is -1.44. The van der Waals surface area contributed by atoms with E-state index in [0.29, 0.717) is 17.9 Å². The van der Waals surface area contributed by atoms with Crippen molar-refractivity contribution in [2.45, 2.75) is 6.92 Å². The van der Waals surface area contributed by atoms with Crippen LogP contribution < -0.4 is 15.4 Å². The number of halogens is 2. The Labute approximate surface area is 156 Å². The number of benzene rings is 2. The SMILES string of the molecule is CCOc1ccc(Br)cc1C(=O)NC(=S)Nc1ccccc1Br. The third-order valence-electron chi connectivity index (χ3n) is 2.84. The van der Waals surface area contributed by atoms with Crippen LogP contribution in [0.5, 0.6) is 5.75 Å². The Morgan fingerprint density at radius 2 is 1.96 bits per heavy atom. The molecule has 0 heterocycles. The minimum atomic E-state index is -0.334. The Kier molecular flexibility index (Phi) is 6.56. The molecule has 4 nitrogen and oxygen atoms in total. The van der Waals surface area contributed by atoms with Gasteiger partial charge in [0, 0.05) is 8.95 Å². The number of ether oxygens (including phenoxy) is 1. The predicted molar refractivity (Wildman–Crippen MR) is 103 cm³/mol. The molecule has 2 N–H and O–H groups in total. The van der Waals surface area contributed by atoms with Gasteiger partial charge >= 0.3 is 0 Å². The lowest BCUT2D eigenvalue weighted by Crippen LogP contribution is -2.34. The molecule has 7 heteroatoms. The monoisotopic (exact) mass is 456 g/mol. The molecule has 23 heavy (non-hydrogen) atoms. The van der Waals surface area contributed by atoms with Crippen molar-refractivity contribution >= 4 is 60.8 Å². The zero-order valence-corrected chi connectivity index (χ0v) is 16.2. The molecule has 2 aromatic rings. The molecule has 0 unspecified atom stereocenters. The molecule has 0 aliphatic carbocycles. The van der Waals surface area contributed by atoms with Crippen LogP contribution in [0.1, 0.15) is 17.3 Å². The van der Waals surface area contributed by atoms with Gasteiger partial charge in [-0.1, -0.05) is 28.1 Å². The highest BCUT2D eigenvalue weighted by Gasteiger charge is 2.15. The van der Waals surface area contributed by atoms with Gasteiger partial charge in [0.25, 0.3) is 5.91 Å². The molecule has 0 aliphatic heterocycles. The second-order valence-electron chi connectivity index (χ2n) is 4.46. The number of anilines is 1. The number of hydrogen-bond acceptors (Lipinski definition) is 3. The number of para-hydroxylation sites is 1. The van der Waals surface area contributed by atoms with E-state index in [2.05, 4.69) is 42.5 Å². The topological polar surface area (TPSA) is 50.4 Å². The average molecular weight is 458 g/mol. The van der Waals surface area contributed by atoms with Crippen molar-refractivity contribution in [3.05, 3.63) is 57.0 Å². The Morgan fingerprint density at radius 1 is 1.22 bits per heavy atom. The van der Waals surface area contributed by atoms with Gasteiger partial charge in [-0.05, 0) is 65.4 Å². The van der Waals surface area contributed by atoms with Crippen LogP contribution in [-0.2, 0) is 0 Å². The summed E-state index contributed by atoms with van der Waals surface area (Å²) in [5.41, 5.74) is 1.19. The van der Waals surface area contributed by atoms with E-state index in [0.717, 1.165) is 14.6 Å². The van der Waals surface area contributed by atoms with Gasteiger partial charge in [-0.25, -0.2) is 0 Å². The largest absolute Gasteiger partial charge is 0.493 e. The van der Waals surface area contributed by atoms with Gasteiger partial charge in [-0.3, -0.25) is 10.1 Å². The molecule has 2 aromatic carbocycles. The first-order chi connectivity index (χ1) is 11.0. The fourth-order valence-electron chi connectivity index (χ4n) is 1.85. The molecule has 0 bridgehead atoms. The summed E-state index contributed by atoms with van der Waals surface area (Å²) in [6.07, 6.45) is 0. The third-order valence-corrected chi connectivity index (χ3v) is 4.22. The van der Waals surface area contributed by atoms with Crippen LogP contribution in [0.4, 0.5) is 5.69 Å². The van der Waals surface area contributed by atoms with Gasteiger partial charge in [0.1, 0.15) is 5.75 Å². The summed E-state index contributed by atoms with van der Waals surface area (Å²) in [6.45, 7) is 2.34. The van der Waals surface area contributed by atoms with Crippen molar-refractivity contribution in [3.8, 4) is 5.75 Å². The van der Waals surface area contributed by atoms with Crippen LogP contribution in [-0.4, -0.2) is 17.6 Å². The lowest BCUT2D eigenvalue weighted by Gasteiger charge is -2.13. The van der Waals surface area contributed by atoms with Crippen LogP contribution in [0.3, 0.4) is 0 Å². The minimum absolute atomic E-state index is 0.212. The van der Waals surface area contributed by atoms with Crippen molar-refractivity contribution in [1.82, 2.24) is 5.32 Å². The lowest BCUT2D eigenvalue weighted by atomic mass is 10.2. The summed E-state index contributed by atoms with van der Waals surface area (Å²) in [4.78, 5) is 12.4. The first-order valence-corrected chi connectivity index (χ1v) is 8.80. The van der Waals surface area contributed by atoms with Crippen LogP contribution in [0.2, 0.25) is 0 Å². The van der Waals surface area contributed by atoms with Crippen LogP contribution in [0.25, 0.3) is 0 Å². The molecule has 1 amide bonds. The second kappa shape index (κ2) is 8.42. The van der Waals surface area contributed by atoms with E-state index in [-0.39, 0.29) is 11.0 Å². The summed E-state index contributed by atoms with van der Waals surface area (Å²) < 4.78 is 7.12. The molecule has 0 atom stereocenters. The van der Waals surface area contributed by atoms with E-state index >= 15 is 0 Å². The summed E-state index contributed by atoms with van der Waals surface area (Å²) >= 11 is 12.0. The van der Waals surface area contributed by atoms with E-state index in [1.807, 2.05) is 37.3 Å². The molecule has 2 rings (SSSR count). The summed E-state index contributed by atoms with van der Waals surface area (Å²) in [5.74, 6) is 0.177. The molecule has 0 aromatic heterocycles. The summed E-state index contributed by atoms with van der Waals surface area (Å²) in [5, 5.41) is 5.85. The minimum Gasteiger partial charge on any atom is -0.493 e. The van der Waals surface area contributed by atoms with Crippen molar-refractivity contribution < 1.29 is 9.53 Å². The zero-order chi connectivity index (χ0) is 16.8. The Bertz CT molecular complexity index is 738. The maximum absolute atomic E-state index is 12.4. The molecule has 0 aliphatic rings. The molecule has 0 fully saturated rings. The van der Waals surface area contributed by atoms with Crippen molar-refractivity contribution in [3.63, 3.8) is 0 Å². The van der Waals surface area contributed by atoms with Gasteiger partial charge in [0.2, 0.25) is 0 Å². The van der Waals surface area contributed by atoms with Crippen molar-refractivity contribution in [2.24, 2.45) is 0 Å². The number of hydrogen-bond donors (Lipinski definition) is 2. The smallest absolute Gasteiger partial charge is 0.261 e. The molecule has 0 saturated heterocycles. The molecule has 120 valence electrons. The quantitative estimate of drug-likeness (QED) is 0.651. The van der Waals surface area contributed by atoms with Crippen LogP contribution >= 0.6 is 44.1 Å². The first kappa shape index (κ1) is 17.9. The molecular weight excluding hydrogens is 444 g/mol. The highest BCUT2D eigenvalue weighted by Crippen LogP contribution is 2.24.